The first kappa shape index (κ1) is 27.9. The van der Waals surface area contributed by atoms with Crippen molar-refractivity contribution in [2.24, 2.45) is 0 Å². The highest BCUT2D eigenvalue weighted by Crippen LogP contribution is 2.35. The molecule has 11 nitrogen and oxygen atoms in total. The molecule has 1 fully saturated rings. The predicted octanol–water partition coefficient (Wildman–Crippen LogP) is -0.0802. The van der Waals surface area contributed by atoms with E-state index in [1.54, 1.807) is 12.1 Å². The summed E-state index contributed by atoms with van der Waals surface area (Å²) < 4.78 is 27.5. The van der Waals surface area contributed by atoms with Gasteiger partial charge < -0.3 is 54.3 Å². The Bertz CT molecular complexity index is 969. The number of methoxy groups -OCH3 is 2. The molecule has 0 bridgehead atoms. The lowest BCUT2D eigenvalue weighted by Crippen LogP contribution is -2.54. The molecular formula is C25H34O11. The van der Waals surface area contributed by atoms with E-state index in [9.17, 15) is 25.5 Å². The minimum absolute atomic E-state index is 0.0754. The van der Waals surface area contributed by atoms with Gasteiger partial charge in [-0.2, -0.15) is 0 Å². The Hall–Kier alpha value is -2.64. The van der Waals surface area contributed by atoms with Crippen molar-refractivity contribution in [1.82, 2.24) is 0 Å². The summed E-state index contributed by atoms with van der Waals surface area (Å²) in [6, 6.07) is 9.78. The van der Waals surface area contributed by atoms with Gasteiger partial charge in [0.1, 0.15) is 24.4 Å². The van der Waals surface area contributed by atoms with Gasteiger partial charge in [-0.1, -0.05) is 12.1 Å². The summed E-state index contributed by atoms with van der Waals surface area (Å²) in [6.45, 7) is -0.644. The Labute approximate surface area is 209 Å². The first-order valence-corrected chi connectivity index (χ1v) is 11.6. The molecule has 0 aliphatic carbocycles. The highest BCUT2D eigenvalue weighted by atomic mass is 16.7. The van der Waals surface area contributed by atoms with Crippen molar-refractivity contribution in [1.29, 1.82) is 0 Å². The fourth-order valence-electron chi connectivity index (χ4n) is 3.80. The monoisotopic (exact) mass is 510 g/mol. The van der Waals surface area contributed by atoms with Gasteiger partial charge in [0.15, 0.2) is 29.1 Å². The Balaban J connectivity index is 1.75. The zero-order valence-electron chi connectivity index (χ0n) is 20.2. The second-order valence-corrected chi connectivity index (χ2v) is 8.37. The molecule has 0 amide bonds. The van der Waals surface area contributed by atoms with Crippen LogP contribution in [0.2, 0.25) is 0 Å². The van der Waals surface area contributed by atoms with E-state index in [1.165, 1.54) is 32.4 Å². The van der Waals surface area contributed by atoms with E-state index in [1.807, 2.05) is 6.07 Å². The molecule has 3 rings (SSSR count). The van der Waals surface area contributed by atoms with Crippen molar-refractivity contribution in [3.8, 4) is 23.0 Å². The standard InChI is InChI=1S/C25H34O11/c1-32-19-10-14(4-3-9-26)5-7-17(19)35-21(12-27)22(29)15-6-8-18(20(11-15)33-2)36-25-24(31)23(30)16(28)13-34-25/h5-8,10-11,16,21-31H,3-4,9,12-13H2,1-2H3. The molecule has 11 heteroatoms. The van der Waals surface area contributed by atoms with Crippen molar-refractivity contribution in [2.75, 3.05) is 34.0 Å². The molecular weight excluding hydrogens is 476 g/mol. The van der Waals surface area contributed by atoms with Gasteiger partial charge in [0.05, 0.1) is 27.4 Å². The van der Waals surface area contributed by atoms with Crippen LogP contribution < -0.4 is 18.9 Å². The van der Waals surface area contributed by atoms with Crippen LogP contribution in [0.15, 0.2) is 36.4 Å². The van der Waals surface area contributed by atoms with Gasteiger partial charge in [-0.15, -0.1) is 0 Å². The Morgan fingerprint density at radius 2 is 1.61 bits per heavy atom. The lowest BCUT2D eigenvalue weighted by molar-refractivity contribution is -0.242. The summed E-state index contributed by atoms with van der Waals surface area (Å²) in [5, 5.41) is 59.5. The highest BCUT2D eigenvalue weighted by Gasteiger charge is 2.39. The molecule has 200 valence electrons. The van der Waals surface area contributed by atoms with Gasteiger partial charge in [-0.05, 0) is 48.2 Å². The number of aliphatic hydroxyl groups excluding tert-OH is 6. The molecule has 6 atom stereocenters. The molecule has 0 radical (unpaired) electrons. The number of hydrogen-bond donors (Lipinski definition) is 6. The SMILES string of the molecule is COc1cc(CCCO)ccc1OC(CO)C(O)c1ccc(OC2OCC(O)C(O)C2O)c(OC)c1. The van der Waals surface area contributed by atoms with Crippen LogP contribution in [0.25, 0.3) is 0 Å². The third-order valence-corrected chi connectivity index (χ3v) is 5.89. The molecule has 6 unspecified atom stereocenters. The molecule has 2 aromatic carbocycles. The van der Waals surface area contributed by atoms with Crippen LogP contribution in [0.3, 0.4) is 0 Å². The molecule has 0 spiro atoms. The maximum atomic E-state index is 10.9. The number of aliphatic hydroxyl groups is 6. The fraction of sp³-hybridized carbons (Fsp3) is 0.520. The van der Waals surface area contributed by atoms with Crippen molar-refractivity contribution in [2.45, 2.75) is 49.7 Å². The largest absolute Gasteiger partial charge is 0.493 e. The summed E-state index contributed by atoms with van der Waals surface area (Å²) >= 11 is 0. The highest BCUT2D eigenvalue weighted by molar-refractivity contribution is 5.45. The van der Waals surface area contributed by atoms with Crippen LogP contribution >= 0.6 is 0 Å². The van der Waals surface area contributed by atoms with Crippen LogP contribution in [0.1, 0.15) is 23.7 Å². The maximum Gasteiger partial charge on any atom is 0.229 e. The van der Waals surface area contributed by atoms with Crippen molar-refractivity contribution in [3.63, 3.8) is 0 Å². The topological polar surface area (TPSA) is 168 Å². The van der Waals surface area contributed by atoms with Crippen LogP contribution in [0.4, 0.5) is 0 Å². The molecule has 1 aliphatic rings. The van der Waals surface area contributed by atoms with Crippen molar-refractivity contribution >= 4 is 0 Å². The van der Waals surface area contributed by atoms with Crippen LogP contribution in [0.5, 0.6) is 23.0 Å². The average molecular weight is 511 g/mol. The lowest BCUT2D eigenvalue weighted by Gasteiger charge is -2.35. The van der Waals surface area contributed by atoms with E-state index in [-0.39, 0.29) is 24.7 Å². The normalized spacial score (nSPS) is 23.6. The Kier molecular flexibility index (Phi) is 10.1. The van der Waals surface area contributed by atoms with E-state index in [0.717, 1.165) is 5.56 Å². The number of benzene rings is 2. The number of ether oxygens (including phenoxy) is 5. The Morgan fingerprint density at radius 3 is 2.28 bits per heavy atom. The second-order valence-electron chi connectivity index (χ2n) is 8.37. The van der Waals surface area contributed by atoms with Crippen LogP contribution in [-0.4, -0.2) is 95.4 Å². The smallest absolute Gasteiger partial charge is 0.229 e. The summed E-state index contributed by atoms with van der Waals surface area (Å²) in [4.78, 5) is 0. The first-order valence-electron chi connectivity index (χ1n) is 11.6. The lowest BCUT2D eigenvalue weighted by atomic mass is 10.0. The van der Waals surface area contributed by atoms with Crippen LogP contribution in [-0.2, 0) is 11.2 Å². The molecule has 2 aromatic rings. The third kappa shape index (κ3) is 6.56. The molecule has 0 aromatic heterocycles. The number of aryl methyl sites for hydroxylation is 1. The average Bonchev–Trinajstić information content (AvgIpc) is 2.90. The quantitative estimate of drug-likeness (QED) is 0.226. The molecule has 1 aliphatic heterocycles. The van der Waals surface area contributed by atoms with Crippen molar-refractivity contribution in [3.05, 3.63) is 47.5 Å². The van der Waals surface area contributed by atoms with Crippen LogP contribution in [0, 0.1) is 0 Å². The summed E-state index contributed by atoms with van der Waals surface area (Å²) in [5.41, 5.74) is 1.31. The molecule has 6 N–H and O–H groups in total. The van der Waals surface area contributed by atoms with Gasteiger partial charge in [0.2, 0.25) is 6.29 Å². The van der Waals surface area contributed by atoms with Gasteiger partial charge in [-0.3, -0.25) is 0 Å². The third-order valence-electron chi connectivity index (χ3n) is 5.89. The number of rotatable bonds is 12. The van der Waals surface area contributed by atoms with Gasteiger partial charge in [0.25, 0.3) is 0 Å². The predicted molar refractivity (Wildman–Crippen MR) is 126 cm³/mol. The van der Waals surface area contributed by atoms with Gasteiger partial charge in [0, 0.05) is 6.61 Å². The summed E-state index contributed by atoms with van der Waals surface area (Å²) in [5.74, 6) is 1.13. The Morgan fingerprint density at radius 1 is 0.917 bits per heavy atom. The summed E-state index contributed by atoms with van der Waals surface area (Å²) in [7, 11) is 2.87. The minimum atomic E-state index is -1.49. The molecule has 1 saturated heterocycles. The van der Waals surface area contributed by atoms with Crippen molar-refractivity contribution < 1.29 is 54.3 Å². The van der Waals surface area contributed by atoms with Gasteiger partial charge in [-0.25, -0.2) is 0 Å². The molecule has 36 heavy (non-hydrogen) atoms. The maximum absolute atomic E-state index is 10.9. The second kappa shape index (κ2) is 13.1. The first-order chi connectivity index (χ1) is 17.3. The zero-order valence-corrected chi connectivity index (χ0v) is 20.2. The molecule has 1 heterocycles. The van der Waals surface area contributed by atoms with E-state index in [0.29, 0.717) is 29.9 Å². The molecule has 0 saturated carbocycles. The zero-order chi connectivity index (χ0) is 26.2. The van der Waals surface area contributed by atoms with E-state index in [2.05, 4.69) is 0 Å². The fourth-order valence-corrected chi connectivity index (χ4v) is 3.80. The van der Waals surface area contributed by atoms with E-state index >= 15 is 0 Å². The summed E-state index contributed by atoms with van der Waals surface area (Å²) in [6.07, 6.45) is -6.42. The van der Waals surface area contributed by atoms with Gasteiger partial charge >= 0.3 is 0 Å². The van der Waals surface area contributed by atoms with E-state index < -0.39 is 43.4 Å². The minimum Gasteiger partial charge on any atom is -0.493 e. The number of hydrogen-bond acceptors (Lipinski definition) is 11. The van der Waals surface area contributed by atoms with E-state index in [4.69, 9.17) is 28.8 Å².